The van der Waals surface area contributed by atoms with E-state index in [1.807, 2.05) is 6.08 Å². The zero-order valence-corrected chi connectivity index (χ0v) is 46.4. The molecule has 0 aromatic heterocycles. The van der Waals surface area contributed by atoms with E-state index in [2.05, 4.69) is 43.5 Å². The van der Waals surface area contributed by atoms with Gasteiger partial charge in [0, 0.05) is 6.42 Å². The van der Waals surface area contributed by atoms with Crippen LogP contribution in [0.15, 0.2) is 36.5 Å². The van der Waals surface area contributed by atoms with Crippen LogP contribution >= 0.6 is 0 Å². The summed E-state index contributed by atoms with van der Waals surface area (Å²) >= 11 is 0. The molecule has 4 nitrogen and oxygen atoms in total. The molecular weight excluding hydrogens is 831 g/mol. The summed E-state index contributed by atoms with van der Waals surface area (Å²) in [5, 5.41) is 23.2. The van der Waals surface area contributed by atoms with Gasteiger partial charge in [-0.3, -0.25) is 4.79 Å². The first-order chi connectivity index (χ1) is 33.7. The molecular formula is C64H123NO3. The lowest BCUT2D eigenvalue weighted by Gasteiger charge is -2.19. The third-order valence-electron chi connectivity index (χ3n) is 14.6. The van der Waals surface area contributed by atoms with E-state index in [1.54, 1.807) is 6.08 Å². The molecule has 0 aromatic carbocycles. The van der Waals surface area contributed by atoms with Crippen molar-refractivity contribution in [1.82, 2.24) is 5.32 Å². The topological polar surface area (TPSA) is 69.6 Å². The summed E-state index contributed by atoms with van der Waals surface area (Å²) in [4.78, 5) is 12.5. The second kappa shape index (κ2) is 59.9. The monoisotopic (exact) mass is 954 g/mol. The van der Waals surface area contributed by atoms with E-state index in [0.29, 0.717) is 6.42 Å². The van der Waals surface area contributed by atoms with Crippen LogP contribution in [0.25, 0.3) is 0 Å². The van der Waals surface area contributed by atoms with E-state index in [0.717, 1.165) is 38.5 Å². The molecule has 0 fully saturated rings. The summed E-state index contributed by atoms with van der Waals surface area (Å²) in [5.41, 5.74) is 0. The molecule has 0 aliphatic heterocycles. The first-order valence-corrected chi connectivity index (χ1v) is 31.2. The average Bonchev–Trinajstić information content (AvgIpc) is 3.34. The van der Waals surface area contributed by atoms with Crippen molar-refractivity contribution in [2.24, 2.45) is 0 Å². The highest BCUT2D eigenvalue weighted by Crippen LogP contribution is 2.18. The van der Waals surface area contributed by atoms with Crippen LogP contribution in [-0.4, -0.2) is 34.9 Å². The van der Waals surface area contributed by atoms with Crippen molar-refractivity contribution in [2.45, 2.75) is 360 Å². The molecule has 68 heavy (non-hydrogen) atoms. The van der Waals surface area contributed by atoms with Gasteiger partial charge in [0.25, 0.3) is 0 Å². The predicted octanol–water partition coefficient (Wildman–Crippen LogP) is 20.8. The maximum atomic E-state index is 12.5. The molecule has 4 heteroatoms. The Morgan fingerprint density at radius 2 is 0.574 bits per heavy atom. The van der Waals surface area contributed by atoms with Crippen LogP contribution in [0.3, 0.4) is 0 Å². The Bertz CT molecular complexity index is 1040. The van der Waals surface area contributed by atoms with Crippen LogP contribution in [0.1, 0.15) is 348 Å². The van der Waals surface area contributed by atoms with Crippen molar-refractivity contribution < 1.29 is 15.0 Å². The lowest BCUT2D eigenvalue weighted by Crippen LogP contribution is -2.45. The number of carbonyl (C=O) groups is 1. The van der Waals surface area contributed by atoms with Crippen LogP contribution in [0.2, 0.25) is 0 Å². The van der Waals surface area contributed by atoms with Gasteiger partial charge < -0.3 is 15.5 Å². The van der Waals surface area contributed by atoms with Crippen molar-refractivity contribution in [1.29, 1.82) is 0 Å². The number of hydrogen-bond acceptors (Lipinski definition) is 3. The van der Waals surface area contributed by atoms with Gasteiger partial charge >= 0.3 is 0 Å². The standard InChI is InChI=1S/C64H123NO3/c1-3-5-7-9-11-13-15-17-19-21-23-25-27-29-31-32-33-34-36-38-40-42-44-46-48-50-52-54-56-58-60-64(68)65-62(61-66)63(67)59-57-55-53-51-49-47-45-43-41-39-37-35-30-28-26-24-22-20-18-16-14-12-10-8-6-4-2/h41,43,49,51,57,59,62-63,66-67H,3-40,42,44-48,50,52-56,58,60-61H2,1-2H3,(H,65,68)/b43-41+,51-49+,59-57+. The van der Waals surface area contributed by atoms with E-state index < -0.39 is 12.1 Å². The van der Waals surface area contributed by atoms with E-state index in [9.17, 15) is 15.0 Å². The highest BCUT2D eigenvalue weighted by atomic mass is 16.3. The molecule has 0 radical (unpaired) electrons. The first-order valence-electron chi connectivity index (χ1n) is 31.2. The fraction of sp³-hybridized carbons (Fsp3) is 0.891. The molecule has 0 saturated heterocycles. The van der Waals surface area contributed by atoms with Gasteiger partial charge in [0.1, 0.15) is 0 Å². The van der Waals surface area contributed by atoms with Crippen molar-refractivity contribution in [3.05, 3.63) is 36.5 Å². The van der Waals surface area contributed by atoms with E-state index >= 15 is 0 Å². The highest BCUT2D eigenvalue weighted by Gasteiger charge is 2.18. The summed E-state index contributed by atoms with van der Waals surface area (Å²) in [5.74, 6) is -0.0706. The van der Waals surface area contributed by atoms with Crippen LogP contribution < -0.4 is 5.32 Å². The molecule has 0 bridgehead atoms. The normalized spacial score (nSPS) is 12.9. The van der Waals surface area contributed by atoms with Gasteiger partial charge in [0.05, 0.1) is 18.8 Å². The summed E-state index contributed by atoms with van der Waals surface area (Å²) < 4.78 is 0. The zero-order chi connectivity index (χ0) is 49.2. The Balaban J connectivity index is 3.49. The number of hydrogen-bond donors (Lipinski definition) is 3. The second-order valence-electron chi connectivity index (χ2n) is 21.5. The predicted molar refractivity (Wildman–Crippen MR) is 304 cm³/mol. The quantitative estimate of drug-likeness (QED) is 0.0420. The van der Waals surface area contributed by atoms with E-state index in [1.165, 1.54) is 289 Å². The van der Waals surface area contributed by atoms with Gasteiger partial charge in [-0.05, 0) is 44.9 Å². The van der Waals surface area contributed by atoms with Gasteiger partial charge in [-0.15, -0.1) is 0 Å². The summed E-state index contributed by atoms with van der Waals surface area (Å²) in [6.07, 6.45) is 82.0. The first kappa shape index (κ1) is 66.6. The molecule has 0 aliphatic rings. The molecule has 2 unspecified atom stereocenters. The molecule has 2 atom stereocenters. The van der Waals surface area contributed by atoms with Gasteiger partial charge in [-0.1, -0.05) is 333 Å². The van der Waals surface area contributed by atoms with Crippen molar-refractivity contribution >= 4 is 5.91 Å². The third-order valence-corrected chi connectivity index (χ3v) is 14.6. The number of aliphatic hydroxyl groups excluding tert-OH is 2. The zero-order valence-electron chi connectivity index (χ0n) is 46.4. The lowest BCUT2D eigenvalue weighted by molar-refractivity contribution is -0.123. The molecule has 0 aliphatic carbocycles. The van der Waals surface area contributed by atoms with Crippen LogP contribution in [0.5, 0.6) is 0 Å². The van der Waals surface area contributed by atoms with E-state index in [4.69, 9.17) is 0 Å². The van der Waals surface area contributed by atoms with E-state index in [-0.39, 0.29) is 12.5 Å². The maximum Gasteiger partial charge on any atom is 0.220 e. The lowest BCUT2D eigenvalue weighted by atomic mass is 10.0. The Kier molecular flexibility index (Phi) is 58.7. The van der Waals surface area contributed by atoms with Gasteiger partial charge in [-0.25, -0.2) is 0 Å². The fourth-order valence-electron chi connectivity index (χ4n) is 9.86. The third kappa shape index (κ3) is 55.5. The molecule has 402 valence electrons. The maximum absolute atomic E-state index is 12.5. The minimum absolute atomic E-state index is 0.0706. The summed E-state index contributed by atoms with van der Waals surface area (Å²) in [7, 11) is 0. The number of carbonyl (C=O) groups excluding carboxylic acids is 1. The molecule has 0 spiro atoms. The molecule has 0 aromatic rings. The number of amides is 1. The number of allylic oxidation sites excluding steroid dienone is 5. The molecule has 1 amide bonds. The van der Waals surface area contributed by atoms with Gasteiger partial charge in [0.15, 0.2) is 0 Å². The summed E-state index contributed by atoms with van der Waals surface area (Å²) in [6.45, 7) is 4.34. The minimum Gasteiger partial charge on any atom is -0.394 e. The van der Waals surface area contributed by atoms with Crippen LogP contribution in [-0.2, 0) is 4.79 Å². The number of aliphatic hydroxyl groups is 2. The van der Waals surface area contributed by atoms with Crippen molar-refractivity contribution in [3.63, 3.8) is 0 Å². The number of rotatable bonds is 58. The molecule has 3 N–H and O–H groups in total. The SMILES string of the molecule is CCCCCCCCCCCCCCCCCC/C=C/CC/C=C/CC/C=C/C(O)C(CO)NC(=O)CCCCCCCCCCCCCCCCCCCCCCCCCCCCCCCC. The second-order valence-corrected chi connectivity index (χ2v) is 21.5. The Hall–Kier alpha value is -1.39. The van der Waals surface area contributed by atoms with Crippen molar-refractivity contribution in [3.8, 4) is 0 Å². The Morgan fingerprint density at radius 3 is 0.853 bits per heavy atom. The number of nitrogens with one attached hydrogen (secondary N) is 1. The highest BCUT2D eigenvalue weighted by molar-refractivity contribution is 5.76. The number of unbranched alkanes of at least 4 members (excludes halogenated alkanes) is 47. The smallest absolute Gasteiger partial charge is 0.220 e. The van der Waals surface area contributed by atoms with Gasteiger partial charge in [-0.2, -0.15) is 0 Å². The van der Waals surface area contributed by atoms with Crippen molar-refractivity contribution in [2.75, 3.05) is 6.61 Å². The average molecular weight is 955 g/mol. The molecule has 0 heterocycles. The molecule has 0 saturated carbocycles. The van der Waals surface area contributed by atoms with Crippen LogP contribution in [0, 0.1) is 0 Å². The molecule has 0 rings (SSSR count). The van der Waals surface area contributed by atoms with Gasteiger partial charge in [0.2, 0.25) is 5.91 Å². The fourth-order valence-corrected chi connectivity index (χ4v) is 9.86. The summed E-state index contributed by atoms with van der Waals surface area (Å²) in [6, 6.07) is -0.645. The largest absolute Gasteiger partial charge is 0.394 e. The Morgan fingerprint density at radius 1 is 0.338 bits per heavy atom. The minimum atomic E-state index is -0.870. The van der Waals surface area contributed by atoms with Crippen LogP contribution in [0.4, 0.5) is 0 Å². The Labute approximate surface area is 427 Å².